The minimum absolute atomic E-state index is 0.899. The highest BCUT2D eigenvalue weighted by atomic mass is 28.4. The van der Waals surface area contributed by atoms with E-state index in [1.165, 1.54) is 31.3 Å². The van der Waals surface area contributed by atoms with Gasteiger partial charge in [-0.3, -0.25) is 0 Å². The van der Waals surface area contributed by atoms with E-state index in [1.807, 2.05) is 0 Å². The SMILES string of the molecule is C[Si](C)(C)OC(O[Si](C)(C)C)=C1CCCC1. The summed E-state index contributed by atoms with van der Waals surface area (Å²) in [5.74, 6) is 0.899. The van der Waals surface area contributed by atoms with Crippen molar-refractivity contribution in [1.29, 1.82) is 0 Å². The lowest BCUT2D eigenvalue weighted by Crippen LogP contribution is -2.32. The van der Waals surface area contributed by atoms with Gasteiger partial charge in [0.15, 0.2) is 0 Å². The summed E-state index contributed by atoms with van der Waals surface area (Å²) in [6, 6.07) is 0. The minimum Gasteiger partial charge on any atom is -0.521 e. The molecule has 0 bridgehead atoms. The van der Waals surface area contributed by atoms with E-state index in [0.717, 1.165) is 5.95 Å². The van der Waals surface area contributed by atoms with Gasteiger partial charge in [0.2, 0.25) is 16.6 Å². The lowest BCUT2D eigenvalue weighted by atomic mass is 10.2. The molecule has 4 heteroatoms. The van der Waals surface area contributed by atoms with Crippen molar-refractivity contribution in [2.24, 2.45) is 0 Å². The van der Waals surface area contributed by atoms with Crippen molar-refractivity contribution in [3.05, 3.63) is 11.5 Å². The maximum atomic E-state index is 6.13. The molecular formula is C12H26O2Si2. The Bertz CT molecular complexity index is 246. The predicted molar refractivity (Wildman–Crippen MR) is 74.4 cm³/mol. The summed E-state index contributed by atoms with van der Waals surface area (Å²) in [6.45, 7) is 13.3. The van der Waals surface area contributed by atoms with Crippen LogP contribution in [0.2, 0.25) is 39.3 Å². The van der Waals surface area contributed by atoms with Gasteiger partial charge in [0, 0.05) is 5.57 Å². The fourth-order valence-electron chi connectivity index (χ4n) is 1.73. The first-order valence-electron chi connectivity index (χ1n) is 6.27. The molecule has 2 nitrogen and oxygen atoms in total. The van der Waals surface area contributed by atoms with E-state index in [9.17, 15) is 0 Å². The highest BCUT2D eigenvalue weighted by molar-refractivity contribution is 6.71. The van der Waals surface area contributed by atoms with Crippen LogP contribution in [0, 0.1) is 0 Å². The Hall–Kier alpha value is -0.226. The quantitative estimate of drug-likeness (QED) is 0.547. The molecule has 94 valence electrons. The average molecular weight is 259 g/mol. The summed E-state index contributed by atoms with van der Waals surface area (Å²) >= 11 is 0. The predicted octanol–water partition coefficient (Wildman–Crippen LogP) is 4.48. The van der Waals surface area contributed by atoms with Gasteiger partial charge in [-0.25, -0.2) is 0 Å². The van der Waals surface area contributed by atoms with Gasteiger partial charge >= 0.3 is 0 Å². The van der Waals surface area contributed by atoms with E-state index >= 15 is 0 Å². The van der Waals surface area contributed by atoms with Crippen LogP contribution < -0.4 is 0 Å². The average Bonchev–Trinajstić information content (AvgIpc) is 2.47. The molecule has 0 radical (unpaired) electrons. The summed E-state index contributed by atoms with van der Waals surface area (Å²) in [4.78, 5) is 0. The van der Waals surface area contributed by atoms with Gasteiger partial charge in [0.1, 0.15) is 0 Å². The third-order valence-corrected chi connectivity index (χ3v) is 3.89. The van der Waals surface area contributed by atoms with Gasteiger partial charge in [-0.15, -0.1) is 0 Å². The van der Waals surface area contributed by atoms with Crippen molar-refractivity contribution in [2.75, 3.05) is 0 Å². The summed E-state index contributed by atoms with van der Waals surface area (Å²) in [7, 11) is -3.10. The van der Waals surface area contributed by atoms with Crippen LogP contribution in [0.4, 0.5) is 0 Å². The van der Waals surface area contributed by atoms with Gasteiger partial charge in [-0.1, -0.05) is 0 Å². The molecule has 0 amide bonds. The lowest BCUT2D eigenvalue weighted by molar-refractivity contribution is 0.208. The molecule has 0 atom stereocenters. The van der Waals surface area contributed by atoms with Crippen molar-refractivity contribution < 1.29 is 8.85 Å². The van der Waals surface area contributed by atoms with Gasteiger partial charge in [0.25, 0.3) is 5.95 Å². The summed E-state index contributed by atoms with van der Waals surface area (Å²) < 4.78 is 12.3. The first-order valence-corrected chi connectivity index (χ1v) is 13.1. The second kappa shape index (κ2) is 4.96. The Morgan fingerprint density at radius 2 is 1.19 bits per heavy atom. The molecule has 0 heterocycles. The Morgan fingerprint density at radius 3 is 1.50 bits per heavy atom. The van der Waals surface area contributed by atoms with Crippen molar-refractivity contribution in [3.63, 3.8) is 0 Å². The maximum absolute atomic E-state index is 6.13. The molecule has 0 N–H and O–H groups in total. The van der Waals surface area contributed by atoms with Crippen molar-refractivity contribution in [1.82, 2.24) is 0 Å². The standard InChI is InChI=1S/C12H26O2Si2/c1-15(2,3)13-12(14-16(4,5)6)11-9-7-8-10-11/h7-10H2,1-6H3. The number of allylic oxidation sites excluding steroid dienone is 1. The molecule has 0 saturated heterocycles. The van der Waals surface area contributed by atoms with E-state index in [0.29, 0.717) is 0 Å². The zero-order valence-corrected chi connectivity index (χ0v) is 13.6. The second-order valence-electron chi connectivity index (χ2n) is 6.53. The van der Waals surface area contributed by atoms with Gasteiger partial charge < -0.3 is 8.85 Å². The number of rotatable bonds is 4. The molecule has 16 heavy (non-hydrogen) atoms. The molecule has 1 aliphatic carbocycles. The third-order valence-electron chi connectivity index (χ3n) is 2.29. The van der Waals surface area contributed by atoms with Crippen LogP contribution in [-0.2, 0) is 8.85 Å². The zero-order valence-electron chi connectivity index (χ0n) is 11.6. The number of hydrogen-bond donors (Lipinski definition) is 0. The molecule has 0 unspecified atom stereocenters. The van der Waals surface area contributed by atoms with E-state index in [2.05, 4.69) is 39.3 Å². The monoisotopic (exact) mass is 258 g/mol. The van der Waals surface area contributed by atoms with Crippen LogP contribution in [0.25, 0.3) is 0 Å². The summed E-state index contributed by atoms with van der Waals surface area (Å²) in [6.07, 6.45) is 4.93. The van der Waals surface area contributed by atoms with E-state index in [1.54, 1.807) is 0 Å². The molecule has 1 rings (SSSR count). The van der Waals surface area contributed by atoms with Gasteiger partial charge in [-0.2, -0.15) is 0 Å². The minimum atomic E-state index is -1.55. The van der Waals surface area contributed by atoms with Gasteiger partial charge in [-0.05, 0) is 65.0 Å². The van der Waals surface area contributed by atoms with Crippen LogP contribution in [0.3, 0.4) is 0 Å². The highest BCUT2D eigenvalue weighted by Crippen LogP contribution is 2.31. The molecule has 0 aromatic heterocycles. The van der Waals surface area contributed by atoms with E-state index in [4.69, 9.17) is 8.85 Å². The summed E-state index contributed by atoms with van der Waals surface area (Å²) in [5.41, 5.74) is 1.42. The Kier molecular flexibility index (Phi) is 4.29. The van der Waals surface area contributed by atoms with Crippen LogP contribution in [0.1, 0.15) is 25.7 Å². The van der Waals surface area contributed by atoms with Crippen LogP contribution >= 0.6 is 0 Å². The number of hydrogen-bond acceptors (Lipinski definition) is 2. The van der Waals surface area contributed by atoms with Crippen LogP contribution in [-0.4, -0.2) is 16.6 Å². The van der Waals surface area contributed by atoms with E-state index in [-0.39, 0.29) is 0 Å². The fraction of sp³-hybridized carbons (Fsp3) is 0.833. The van der Waals surface area contributed by atoms with Crippen molar-refractivity contribution >= 4 is 16.6 Å². The van der Waals surface area contributed by atoms with Crippen molar-refractivity contribution in [2.45, 2.75) is 65.0 Å². The third kappa shape index (κ3) is 5.21. The highest BCUT2D eigenvalue weighted by Gasteiger charge is 2.27. The Labute approximate surface area is 102 Å². The molecule has 0 aromatic rings. The Balaban J connectivity index is 2.81. The van der Waals surface area contributed by atoms with Crippen molar-refractivity contribution in [3.8, 4) is 0 Å². The smallest absolute Gasteiger partial charge is 0.250 e. The van der Waals surface area contributed by atoms with Crippen LogP contribution in [0.15, 0.2) is 11.5 Å². The maximum Gasteiger partial charge on any atom is 0.250 e. The van der Waals surface area contributed by atoms with E-state index < -0.39 is 16.6 Å². The van der Waals surface area contributed by atoms with Crippen LogP contribution in [0.5, 0.6) is 0 Å². The Morgan fingerprint density at radius 1 is 0.812 bits per heavy atom. The molecule has 1 aliphatic rings. The second-order valence-corrected chi connectivity index (χ2v) is 15.4. The molecule has 1 fully saturated rings. The zero-order chi connectivity index (χ0) is 12.4. The first-order chi connectivity index (χ1) is 7.17. The molecule has 1 saturated carbocycles. The normalized spacial score (nSPS) is 17.5. The van der Waals surface area contributed by atoms with Gasteiger partial charge in [0.05, 0.1) is 0 Å². The topological polar surface area (TPSA) is 18.5 Å². The molecular weight excluding hydrogens is 232 g/mol. The molecule has 0 aromatic carbocycles. The fourth-order valence-corrected chi connectivity index (χ4v) is 3.29. The molecule has 0 aliphatic heterocycles. The largest absolute Gasteiger partial charge is 0.521 e. The molecule has 0 spiro atoms. The lowest BCUT2D eigenvalue weighted by Gasteiger charge is -2.29. The first kappa shape index (κ1) is 13.8. The summed E-state index contributed by atoms with van der Waals surface area (Å²) in [5, 5.41) is 0.